The number of fused-ring (bicyclic) bond motifs is 1. The molecule has 110 valence electrons. The zero-order valence-electron chi connectivity index (χ0n) is 11.5. The van der Waals surface area contributed by atoms with Gasteiger partial charge in [-0.05, 0) is 13.0 Å². The van der Waals surface area contributed by atoms with E-state index in [1.54, 1.807) is 0 Å². The Balaban J connectivity index is 1.98. The molecule has 1 unspecified atom stereocenters. The van der Waals surface area contributed by atoms with Crippen LogP contribution >= 0.6 is 11.8 Å². The zero-order valence-corrected chi connectivity index (χ0v) is 12.3. The maximum Gasteiger partial charge on any atom is 0.313 e. The molecule has 0 amide bonds. The van der Waals surface area contributed by atoms with E-state index in [1.807, 2.05) is 35.8 Å². The van der Waals surface area contributed by atoms with Crippen LogP contribution in [0.15, 0.2) is 29.4 Å². The first kappa shape index (κ1) is 13.9. The summed E-state index contributed by atoms with van der Waals surface area (Å²) in [5.74, 6) is 0.767. The Morgan fingerprint density at radius 3 is 3.10 bits per heavy atom. The Labute approximate surface area is 126 Å². The third-order valence-electron chi connectivity index (χ3n) is 3.40. The Hall–Kier alpha value is -2.02. The summed E-state index contributed by atoms with van der Waals surface area (Å²) in [6.07, 6.45) is 0.816. The highest BCUT2D eigenvalue weighted by molar-refractivity contribution is 7.99. The summed E-state index contributed by atoms with van der Waals surface area (Å²) in [7, 11) is 0. The minimum atomic E-state index is -0.861. The Kier molecular flexibility index (Phi) is 3.83. The number of aliphatic carboxylic acids is 1. The van der Waals surface area contributed by atoms with Gasteiger partial charge in [-0.1, -0.05) is 30.0 Å². The van der Waals surface area contributed by atoms with Crippen LogP contribution in [0.1, 0.15) is 23.9 Å². The van der Waals surface area contributed by atoms with E-state index in [9.17, 15) is 4.79 Å². The van der Waals surface area contributed by atoms with Crippen LogP contribution in [0.4, 0.5) is 0 Å². The van der Waals surface area contributed by atoms with Gasteiger partial charge >= 0.3 is 5.97 Å². The van der Waals surface area contributed by atoms with E-state index in [0.29, 0.717) is 11.8 Å². The molecule has 3 rings (SSSR count). The number of nitrogens with zero attached hydrogens (tertiary/aromatic N) is 3. The number of hydrogen-bond donors (Lipinski definition) is 1. The molecule has 2 aromatic rings. The molecular formula is C14H15N3O3S. The standard InChI is InChI=1S/C14H15N3O3S/c1-9-15-16-14(21-8-13(18)19)17(9)11-6-7-20-12-5-3-2-4-10(11)12/h2-5,11H,6-8H2,1H3,(H,18,19). The van der Waals surface area contributed by atoms with Crippen molar-refractivity contribution in [3.05, 3.63) is 35.7 Å². The molecule has 0 saturated carbocycles. The molecule has 1 aromatic carbocycles. The van der Waals surface area contributed by atoms with E-state index >= 15 is 0 Å². The van der Waals surface area contributed by atoms with Gasteiger partial charge in [0.15, 0.2) is 5.16 Å². The second-order valence-corrected chi connectivity index (χ2v) is 5.72. The van der Waals surface area contributed by atoms with Crippen LogP contribution in [0.3, 0.4) is 0 Å². The fourth-order valence-corrected chi connectivity index (χ4v) is 3.27. The van der Waals surface area contributed by atoms with Gasteiger partial charge in [-0.3, -0.25) is 9.36 Å². The second-order valence-electron chi connectivity index (χ2n) is 4.77. The smallest absolute Gasteiger partial charge is 0.313 e. The van der Waals surface area contributed by atoms with Crippen molar-refractivity contribution in [1.29, 1.82) is 0 Å². The Morgan fingerprint density at radius 1 is 1.48 bits per heavy atom. The number of carbonyl (C=O) groups is 1. The van der Waals surface area contributed by atoms with Gasteiger partial charge in [-0.2, -0.15) is 0 Å². The van der Waals surface area contributed by atoms with E-state index in [4.69, 9.17) is 9.84 Å². The number of hydrogen-bond acceptors (Lipinski definition) is 5. The largest absolute Gasteiger partial charge is 0.493 e. The minimum Gasteiger partial charge on any atom is -0.493 e. The van der Waals surface area contributed by atoms with Gasteiger partial charge in [-0.15, -0.1) is 10.2 Å². The topological polar surface area (TPSA) is 77.2 Å². The molecule has 1 aliphatic heterocycles. The van der Waals surface area contributed by atoms with E-state index < -0.39 is 5.97 Å². The average molecular weight is 305 g/mol. The normalized spacial score (nSPS) is 17.1. The highest BCUT2D eigenvalue weighted by Crippen LogP contribution is 2.37. The van der Waals surface area contributed by atoms with Crippen molar-refractivity contribution in [1.82, 2.24) is 14.8 Å². The highest BCUT2D eigenvalue weighted by atomic mass is 32.2. The molecule has 1 atom stereocenters. The summed E-state index contributed by atoms with van der Waals surface area (Å²) in [4.78, 5) is 10.8. The number of aromatic nitrogens is 3. The van der Waals surface area contributed by atoms with E-state index in [1.165, 1.54) is 11.8 Å². The van der Waals surface area contributed by atoms with Crippen LogP contribution in [-0.4, -0.2) is 38.2 Å². The third kappa shape index (κ3) is 2.73. The van der Waals surface area contributed by atoms with Crippen molar-refractivity contribution >= 4 is 17.7 Å². The summed E-state index contributed by atoms with van der Waals surface area (Å²) in [5.41, 5.74) is 1.09. The fraction of sp³-hybridized carbons (Fsp3) is 0.357. The number of benzene rings is 1. The van der Waals surface area contributed by atoms with Gasteiger partial charge in [0.25, 0.3) is 0 Å². The molecule has 0 aliphatic carbocycles. The molecule has 1 aromatic heterocycles. The third-order valence-corrected chi connectivity index (χ3v) is 4.33. The highest BCUT2D eigenvalue weighted by Gasteiger charge is 2.26. The molecule has 1 aliphatic rings. The number of carboxylic acid groups (broad SMARTS) is 1. The molecule has 21 heavy (non-hydrogen) atoms. The molecular weight excluding hydrogens is 290 g/mol. The minimum absolute atomic E-state index is 0.0248. The number of ether oxygens (including phenoxy) is 1. The van der Waals surface area contributed by atoms with Crippen LogP contribution in [0.2, 0.25) is 0 Å². The lowest BCUT2D eigenvalue weighted by Crippen LogP contribution is -2.22. The molecule has 0 spiro atoms. The lowest BCUT2D eigenvalue weighted by atomic mass is 10.0. The van der Waals surface area contributed by atoms with Gasteiger partial charge in [0, 0.05) is 12.0 Å². The van der Waals surface area contributed by atoms with E-state index in [0.717, 1.165) is 23.6 Å². The van der Waals surface area contributed by atoms with Crippen molar-refractivity contribution in [2.45, 2.75) is 24.5 Å². The van der Waals surface area contributed by atoms with Crippen LogP contribution in [0.5, 0.6) is 5.75 Å². The number of rotatable bonds is 4. The number of para-hydroxylation sites is 1. The summed E-state index contributed by atoms with van der Waals surface area (Å²) in [5, 5.41) is 17.7. The predicted molar refractivity (Wildman–Crippen MR) is 77.8 cm³/mol. The molecule has 7 heteroatoms. The first-order valence-corrected chi connectivity index (χ1v) is 7.63. The average Bonchev–Trinajstić information content (AvgIpc) is 2.85. The van der Waals surface area contributed by atoms with Gasteiger partial charge in [-0.25, -0.2) is 0 Å². The van der Waals surface area contributed by atoms with Gasteiger partial charge < -0.3 is 9.84 Å². The Morgan fingerprint density at radius 2 is 2.29 bits per heavy atom. The lowest BCUT2D eigenvalue weighted by Gasteiger charge is -2.28. The summed E-state index contributed by atoms with van der Waals surface area (Å²) in [6.45, 7) is 2.51. The van der Waals surface area contributed by atoms with Crippen LogP contribution < -0.4 is 4.74 Å². The molecule has 1 N–H and O–H groups in total. The molecule has 2 heterocycles. The van der Waals surface area contributed by atoms with Crippen molar-refractivity contribution < 1.29 is 14.6 Å². The van der Waals surface area contributed by atoms with Crippen molar-refractivity contribution in [3.8, 4) is 5.75 Å². The first-order chi connectivity index (χ1) is 10.2. The van der Waals surface area contributed by atoms with E-state index in [2.05, 4.69) is 10.2 Å². The Bertz CT molecular complexity index is 671. The second kappa shape index (κ2) is 5.77. The maximum atomic E-state index is 10.8. The quantitative estimate of drug-likeness (QED) is 0.872. The number of carboxylic acids is 1. The fourth-order valence-electron chi connectivity index (χ4n) is 2.52. The number of thioether (sulfide) groups is 1. The lowest BCUT2D eigenvalue weighted by molar-refractivity contribution is -0.133. The molecule has 0 radical (unpaired) electrons. The molecule has 0 fully saturated rings. The number of aryl methyl sites for hydroxylation is 1. The predicted octanol–water partition coefficient (Wildman–Crippen LogP) is 2.14. The van der Waals surface area contributed by atoms with Crippen LogP contribution in [0, 0.1) is 6.92 Å². The summed E-state index contributed by atoms with van der Waals surface area (Å²) in [6, 6.07) is 7.99. The molecule has 6 nitrogen and oxygen atoms in total. The van der Waals surface area contributed by atoms with Gasteiger partial charge in [0.2, 0.25) is 0 Å². The van der Waals surface area contributed by atoms with E-state index in [-0.39, 0.29) is 11.8 Å². The maximum absolute atomic E-state index is 10.8. The van der Waals surface area contributed by atoms with Crippen molar-refractivity contribution in [2.75, 3.05) is 12.4 Å². The first-order valence-electron chi connectivity index (χ1n) is 6.64. The summed E-state index contributed by atoms with van der Waals surface area (Å²) < 4.78 is 7.68. The van der Waals surface area contributed by atoms with Gasteiger partial charge in [0.05, 0.1) is 18.4 Å². The summed E-state index contributed by atoms with van der Waals surface area (Å²) >= 11 is 1.19. The zero-order chi connectivity index (χ0) is 14.8. The van der Waals surface area contributed by atoms with Gasteiger partial charge in [0.1, 0.15) is 11.6 Å². The van der Waals surface area contributed by atoms with Crippen LogP contribution in [-0.2, 0) is 4.79 Å². The van der Waals surface area contributed by atoms with Crippen molar-refractivity contribution in [3.63, 3.8) is 0 Å². The SMILES string of the molecule is Cc1nnc(SCC(=O)O)n1C1CCOc2ccccc21. The van der Waals surface area contributed by atoms with Crippen LogP contribution in [0.25, 0.3) is 0 Å². The monoisotopic (exact) mass is 305 g/mol. The van der Waals surface area contributed by atoms with Crippen molar-refractivity contribution in [2.24, 2.45) is 0 Å². The molecule has 0 bridgehead atoms. The molecule has 0 saturated heterocycles.